The number of halogens is 2. The lowest BCUT2D eigenvalue weighted by atomic mass is 10.1. The Morgan fingerprint density at radius 2 is 2.12 bits per heavy atom. The van der Waals surface area contributed by atoms with Gasteiger partial charge in [0.1, 0.15) is 0 Å². The summed E-state index contributed by atoms with van der Waals surface area (Å²) in [5.41, 5.74) is -0.00815. The van der Waals surface area contributed by atoms with E-state index in [-0.39, 0.29) is 28.6 Å². The molecule has 4 nitrogen and oxygen atoms in total. The second-order valence-electron chi connectivity index (χ2n) is 3.40. The smallest absolute Gasteiger partial charge is 0.169 e. The van der Waals surface area contributed by atoms with Crippen molar-refractivity contribution in [3.05, 3.63) is 22.5 Å². The van der Waals surface area contributed by atoms with Gasteiger partial charge in [0.25, 0.3) is 0 Å². The fourth-order valence-electron chi connectivity index (χ4n) is 1.56. The monoisotopic (exact) mass is 263 g/mol. The number of ether oxygens (including phenoxy) is 2. The molecular formula is C11H15ClFNO3. The maximum absolute atomic E-state index is 13.9. The highest BCUT2D eigenvalue weighted by Gasteiger charge is 2.24. The molecule has 1 aromatic rings. The Hall–Kier alpha value is -1.04. The first-order valence-corrected chi connectivity index (χ1v) is 5.37. The van der Waals surface area contributed by atoms with Gasteiger partial charge >= 0.3 is 0 Å². The largest absolute Gasteiger partial charge is 0.493 e. The van der Waals surface area contributed by atoms with Crippen LogP contribution in [0.25, 0.3) is 0 Å². The third-order valence-electron chi connectivity index (χ3n) is 2.33. The van der Waals surface area contributed by atoms with Crippen LogP contribution in [0.3, 0.4) is 0 Å². The first-order valence-electron chi connectivity index (χ1n) is 4.99. The highest BCUT2D eigenvalue weighted by Crippen LogP contribution is 2.40. The molecule has 0 saturated heterocycles. The summed E-state index contributed by atoms with van der Waals surface area (Å²) in [6.45, 7) is 0.177. The summed E-state index contributed by atoms with van der Waals surface area (Å²) in [6, 6.07) is 1.31. The van der Waals surface area contributed by atoms with E-state index in [0.717, 1.165) is 0 Å². The van der Waals surface area contributed by atoms with Crippen molar-refractivity contribution in [1.29, 1.82) is 0 Å². The molecule has 6 heteroatoms. The Morgan fingerprint density at radius 1 is 1.47 bits per heavy atom. The van der Waals surface area contributed by atoms with Crippen molar-refractivity contribution in [3.8, 4) is 11.5 Å². The van der Waals surface area contributed by atoms with Crippen molar-refractivity contribution in [2.24, 2.45) is 0 Å². The molecule has 0 radical (unpaired) electrons. The topological polar surface area (TPSA) is 50.7 Å². The summed E-state index contributed by atoms with van der Waals surface area (Å²) in [5.74, 6) is -0.270. The summed E-state index contributed by atoms with van der Waals surface area (Å²) < 4.78 is 24.0. The number of rotatable bonds is 5. The van der Waals surface area contributed by atoms with Crippen molar-refractivity contribution in [2.45, 2.75) is 6.10 Å². The Labute approximate surface area is 104 Å². The molecule has 0 amide bonds. The van der Waals surface area contributed by atoms with Gasteiger partial charge in [0.2, 0.25) is 0 Å². The summed E-state index contributed by atoms with van der Waals surface area (Å²) in [4.78, 5) is 0. The molecule has 0 bridgehead atoms. The van der Waals surface area contributed by atoms with Gasteiger partial charge in [-0.15, -0.1) is 0 Å². The van der Waals surface area contributed by atoms with E-state index in [1.54, 1.807) is 7.05 Å². The Bertz CT molecular complexity index is 401. The summed E-state index contributed by atoms with van der Waals surface area (Å²) in [7, 11) is 4.44. The maximum Gasteiger partial charge on any atom is 0.169 e. The molecule has 0 spiro atoms. The number of aliphatic hydroxyl groups is 1. The summed E-state index contributed by atoms with van der Waals surface area (Å²) >= 11 is 5.73. The van der Waals surface area contributed by atoms with E-state index in [2.05, 4.69) is 5.32 Å². The maximum atomic E-state index is 13.9. The lowest BCUT2D eigenvalue weighted by Gasteiger charge is -2.18. The quantitative estimate of drug-likeness (QED) is 0.850. The fourth-order valence-corrected chi connectivity index (χ4v) is 1.76. The van der Waals surface area contributed by atoms with E-state index in [0.29, 0.717) is 0 Å². The van der Waals surface area contributed by atoms with Crippen LogP contribution in [-0.4, -0.2) is 32.9 Å². The molecule has 1 aromatic carbocycles. The number of hydrogen-bond acceptors (Lipinski definition) is 4. The molecule has 1 atom stereocenters. The van der Waals surface area contributed by atoms with Gasteiger partial charge in [-0.05, 0) is 7.05 Å². The fraction of sp³-hybridized carbons (Fsp3) is 0.455. The molecule has 17 heavy (non-hydrogen) atoms. The van der Waals surface area contributed by atoms with E-state index in [4.69, 9.17) is 21.1 Å². The molecule has 96 valence electrons. The van der Waals surface area contributed by atoms with Gasteiger partial charge in [-0.25, -0.2) is 4.39 Å². The van der Waals surface area contributed by atoms with Crippen LogP contribution in [0.15, 0.2) is 6.07 Å². The molecule has 0 aliphatic rings. The van der Waals surface area contributed by atoms with E-state index >= 15 is 0 Å². The van der Waals surface area contributed by atoms with Gasteiger partial charge in [-0.2, -0.15) is 0 Å². The van der Waals surface area contributed by atoms with Gasteiger partial charge in [0, 0.05) is 12.6 Å². The number of hydrogen-bond donors (Lipinski definition) is 2. The molecule has 0 aliphatic carbocycles. The number of nitrogens with one attached hydrogen (secondary N) is 1. The average molecular weight is 264 g/mol. The standard InChI is InChI=1S/C11H15ClFNO3/c1-14-5-7(15)9-10(13)6(12)4-8(16-2)11(9)17-3/h4,7,14-15H,5H2,1-3H3. The average Bonchev–Trinajstić information content (AvgIpc) is 2.31. The van der Waals surface area contributed by atoms with Crippen molar-refractivity contribution in [1.82, 2.24) is 5.32 Å². The zero-order valence-electron chi connectivity index (χ0n) is 9.88. The molecule has 0 heterocycles. The Balaban J connectivity index is 3.37. The van der Waals surface area contributed by atoms with E-state index in [1.807, 2.05) is 0 Å². The number of benzene rings is 1. The Kier molecular flexibility index (Phi) is 4.99. The SMILES string of the molecule is CNCC(O)c1c(F)c(Cl)cc(OC)c1OC. The predicted octanol–water partition coefficient (Wildman–Crippen LogP) is 1.75. The third-order valence-corrected chi connectivity index (χ3v) is 2.60. The molecule has 1 rings (SSSR count). The number of methoxy groups -OCH3 is 2. The van der Waals surface area contributed by atoms with Crippen LogP contribution in [0.2, 0.25) is 5.02 Å². The zero-order chi connectivity index (χ0) is 13.0. The van der Waals surface area contributed by atoms with Crippen molar-refractivity contribution in [3.63, 3.8) is 0 Å². The van der Waals surface area contributed by atoms with Gasteiger partial charge in [0.05, 0.1) is 30.9 Å². The highest BCUT2D eigenvalue weighted by atomic mass is 35.5. The normalized spacial score (nSPS) is 12.4. The van der Waals surface area contributed by atoms with Crippen LogP contribution in [0.1, 0.15) is 11.7 Å². The minimum atomic E-state index is -1.07. The van der Waals surface area contributed by atoms with Gasteiger partial charge in [0.15, 0.2) is 17.3 Å². The molecule has 2 N–H and O–H groups in total. The number of likely N-dealkylation sites (N-methyl/N-ethyl adjacent to an activating group) is 1. The van der Waals surface area contributed by atoms with E-state index < -0.39 is 11.9 Å². The van der Waals surface area contributed by atoms with Crippen molar-refractivity contribution < 1.29 is 19.0 Å². The predicted molar refractivity (Wildman–Crippen MR) is 63.4 cm³/mol. The first kappa shape index (κ1) is 14.0. The van der Waals surface area contributed by atoms with Crippen molar-refractivity contribution in [2.75, 3.05) is 27.8 Å². The van der Waals surface area contributed by atoms with E-state index in [1.165, 1.54) is 20.3 Å². The lowest BCUT2D eigenvalue weighted by Crippen LogP contribution is -2.18. The van der Waals surface area contributed by atoms with Crippen LogP contribution in [0.5, 0.6) is 11.5 Å². The van der Waals surface area contributed by atoms with Crippen LogP contribution >= 0.6 is 11.6 Å². The highest BCUT2D eigenvalue weighted by molar-refractivity contribution is 6.31. The molecule has 1 unspecified atom stereocenters. The molecule has 0 aromatic heterocycles. The molecular weight excluding hydrogens is 249 g/mol. The second-order valence-corrected chi connectivity index (χ2v) is 3.80. The second kappa shape index (κ2) is 6.05. The van der Waals surface area contributed by atoms with Gasteiger partial charge < -0.3 is 19.9 Å². The van der Waals surface area contributed by atoms with Crippen LogP contribution in [-0.2, 0) is 0 Å². The lowest BCUT2D eigenvalue weighted by molar-refractivity contribution is 0.167. The van der Waals surface area contributed by atoms with Gasteiger partial charge in [-0.3, -0.25) is 0 Å². The third kappa shape index (κ3) is 2.80. The molecule has 0 aliphatic heterocycles. The van der Waals surface area contributed by atoms with Gasteiger partial charge in [-0.1, -0.05) is 11.6 Å². The zero-order valence-corrected chi connectivity index (χ0v) is 10.6. The summed E-state index contributed by atoms with van der Waals surface area (Å²) in [5, 5.41) is 12.5. The molecule has 0 saturated carbocycles. The van der Waals surface area contributed by atoms with E-state index in [9.17, 15) is 9.50 Å². The summed E-state index contributed by atoms with van der Waals surface area (Å²) in [6.07, 6.45) is -1.07. The van der Waals surface area contributed by atoms with Crippen LogP contribution in [0, 0.1) is 5.82 Å². The van der Waals surface area contributed by atoms with Crippen molar-refractivity contribution >= 4 is 11.6 Å². The minimum absolute atomic E-state index is 0.00815. The Morgan fingerprint density at radius 3 is 2.59 bits per heavy atom. The van der Waals surface area contributed by atoms with Crippen LogP contribution in [0.4, 0.5) is 4.39 Å². The number of aliphatic hydroxyl groups excluding tert-OH is 1. The molecule has 0 fully saturated rings. The minimum Gasteiger partial charge on any atom is -0.493 e. The van der Waals surface area contributed by atoms with Crippen LogP contribution < -0.4 is 14.8 Å². The first-order chi connectivity index (χ1) is 8.06.